The lowest BCUT2D eigenvalue weighted by Crippen LogP contribution is -2.36. The summed E-state index contributed by atoms with van der Waals surface area (Å²) < 4.78 is 6.21. The molecule has 2 aromatic carbocycles. The molecule has 1 fully saturated rings. The van der Waals surface area contributed by atoms with Gasteiger partial charge in [0.05, 0.1) is 24.9 Å². The number of piperidine rings is 1. The van der Waals surface area contributed by atoms with E-state index in [1.807, 2.05) is 6.07 Å². The van der Waals surface area contributed by atoms with Crippen molar-refractivity contribution in [3.63, 3.8) is 0 Å². The average Bonchev–Trinajstić information content (AvgIpc) is 3.32. The number of amides is 1. The van der Waals surface area contributed by atoms with E-state index in [0.29, 0.717) is 26.1 Å². The third-order valence-corrected chi connectivity index (χ3v) is 8.69. The van der Waals surface area contributed by atoms with E-state index in [4.69, 9.17) is 9.72 Å². The van der Waals surface area contributed by atoms with E-state index >= 15 is 0 Å². The van der Waals surface area contributed by atoms with E-state index < -0.39 is 6.09 Å². The topological polar surface area (TPSA) is 86.1 Å². The molecule has 1 amide bonds. The van der Waals surface area contributed by atoms with E-state index in [1.165, 1.54) is 4.90 Å². The fraction of sp³-hybridized carbons (Fsp3) is 0.448. The van der Waals surface area contributed by atoms with Gasteiger partial charge in [0.1, 0.15) is 10.8 Å². The molecule has 8 heteroatoms. The molecular formula is C29H35N3O4S. The molecule has 7 nitrogen and oxygen atoms in total. The number of fused-ring (bicyclic) bond motifs is 1. The quantitative estimate of drug-likeness (QED) is 0.408. The van der Waals surface area contributed by atoms with Crippen molar-refractivity contribution in [3.05, 3.63) is 58.1 Å². The normalized spacial score (nSPS) is 16.6. The molecule has 2 aliphatic heterocycles. The van der Waals surface area contributed by atoms with Gasteiger partial charge in [0.2, 0.25) is 0 Å². The van der Waals surface area contributed by atoms with Gasteiger partial charge in [0, 0.05) is 43.0 Å². The Bertz CT molecular complexity index is 1270. The molecule has 0 aliphatic carbocycles. The van der Waals surface area contributed by atoms with Gasteiger partial charge in [0.15, 0.2) is 0 Å². The van der Waals surface area contributed by atoms with Gasteiger partial charge in [0.25, 0.3) is 0 Å². The van der Waals surface area contributed by atoms with Crippen LogP contribution in [0.5, 0.6) is 5.75 Å². The maximum Gasteiger partial charge on any atom is 0.407 e. The zero-order valence-corrected chi connectivity index (χ0v) is 22.4. The Morgan fingerprint density at radius 3 is 2.51 bits per heavy atom. The van der Waals surface area contributed by atoms with E-state index in [2.05, 4.69) is 49.1 Å². The molecule has 2 N–H and O–H groups in total. The van der Waals surface area contributed by atoms with E-state index in [0.717, 1.165) is 88.0 Å². The Morgan fingerprint density at radius 2 is 1.76 bits per heavy atom. The summed E-state index contributed by atoms with van der Waals surface area (Å²) in [5, 5.41) is 20.0. The lowest BCUT2D eigenvalue weighted by Gasteiger charge is -2.29. The van der Waals surface area contributed by atoms with Gasteiger partial charge in [-0.2, -0.15) is 0 Å². The molecule has 0 atom stereocenters. The Labute approximate surface area is 222 Å². The summed E-state index contributed by atoms with van der Waals surface area (Å²) in [5.74, 6) is 0.912. The predicted octanol–water partition coefficient (Wildman–Crippen LogP) is 5.36. The molecule has 1 saturated heterocycles. The van der Waals surface area contributed by atoms with Crippen LogP contribution in [0.15, 0.2) is 36.4 Å². The van der Waals surface area contributed by atoms with Crippen LogP contribution in [0.25, 0.3) is 21.7 Å². The lowest BCUT2D eigenvalue weighted by atomic mass is 9.93. The minimum atomic E-state index is -0.873. The number of likely N-dealkylation sites (tertiary alicyclic amines) is 1. The molecule has 2 aliphatic rings. The number of carbonyl (C=O) groups is 1. The minimum absolute atomic E-state index is 0.136. The van der Waals surface area contributed by atoms with Gasteiger partial charge >= 0.3 is 6.09 Å². The highest BCUT2D eigenvalue weighted by Gasteiger charge is 2.25. The summed E-state index contributed by atoms with van der Waals surface area (Å²) >= 11 is 1.60. The van der Waals surface area contributed by atoms with Crippen molar-refractivity contribution in [3.8, 4) is 27.4 Å². The molecule has 0 saturated carbocycles. The zero-order chi connectivity index (χ0) is 25.9. The fourth-order valence-corrected chi connectivity index (χ4v) is 6.52. The van der Waals surface area contributed by atoms with Crippen LogP contribution in [0, 0.1) is 13.8 Å². The van der Waals surface area contributed by atoms with Crippen LogP contribution in [0.4, 0.5) is 4.79 Å². The van der Waals surface area contributed by atoms with Crippen LogP contribution in [0.2, 0.25) is 0 Å². The number of thiazole rings is 1. The second-order valence-corrected chi connectivity index (χ2v) is 11.1. The number of nitrogens with zero attached hydrogens (tertiary/aromatic N) is 3. The van der Waals surface area contributed by atoms with Crippen molar-refractivity contribution in [2.45, 2.75) is 52.2 Å². The first-order valence-electron chi connectivity index (χ1n) is 13.1. The highest BCUT2D eigenvalue weighted by Crippen LogP contribution is 2.38. The molecule has 5 rings (SSSR count). The number of rotatable bonds is 7. The van der Waals surface area contributed by atoms with Crippen molar-refractivity contribution in [2.75, 3.05) is 32.8 Å². The monoisotopic (exact) mass is 521 g/mol. The summed E-state index contributed by atoms with van der Waals surface area (Å²) in [6.45, 7) is 8.75. The van der Waals surface area contributed by atoms with Crippen LogP contribution in [-0.2, 0) is 13.0 Å². The van der Waals surface area contributed by atoms with Gasteiger partial charge in [-0.1, -0.05) is 30.3 Å². The molecule has 0 radical (unpaired) electrons. The third kappa shape index (κ3) is 5.66. The lowest BCUT2D eigenvalue weighted by molar-refractivity contribution is 0.0800. The van der Waals surface area contributed by atoms with Crippen molar-refractivity contribution in [1.29, 1.82) is 0 Å². The maximum absolute atomic E-state index is 11.4. The Balaban J connectivity index is 1.30. The van der Waals surface area contributed by atoms with Gasteiger partial charge in [-0.25, -0.2) is 9.78 Å². The van der Waals surface area contributed by atoms with Crippen LogP contribution in [0.1, 0.15) is 41.0 Å². The van der Waals surface area contributed by atoms with Gasteiger partial charge in [-0.3, -0.25) is 0 Å². The number of carboxylic acid groups (broad SMARTS) is 1. The number of ether oxygens (including phenoxy) is 1. The molecule has 37 heavy (non-hydrogen) atoms. The Morgan fingerprint density at radius 1 is 1.05 bits per heavy atom. The summed E-state index contributed by atoms with van der Waals surface area (Å²) in [7, 11) is 0. The molecule has 3 heterocycles. The summed E-state index contributed by atoms with van der Waals surface area (Å²) in [6, 6.07) is 12.6. The zero-order valence-electron chi connectivity index (χ0n) is 21.6. The number of aromatic nitrogens is 1. The third-order valence-electron chi connectivity index (χ3n) is 7.57. The largest absolute Gasteiger partial charge is 0.493 e. The van der Waals surface area contributed by atoms with Gasteiger partial charge < -0.3 is 24.7 Å². The Hall–Kier alpha value is -2.94. The fourth-order valence-electron chi connectivity index (χ4n) is 5.31. The second kappa shape index (κ2) is 11.2. The SMILES string of the molecule is Cc1c(OCCCN2CCC(O)CC2)cccc1-c1cccc(-c2nc3c(s2)CN(C(=O)O)CC3)c1C. The summed E-state index contributed by atoms with van der Waals surface area (Å²) in [6.07, 6.45) is 2.35. The first-order valence-corrected chi connectivity index (χ1v) is 13.9. The summed E-state index contributed by atoms with van der Waals surface area (Å²) in [5.41, 5.74) is 6.72. The molecule has 0 unspecified atom stereocenters. The van der Waals surface area contributed by atoms with Crippen LogP contribution < -0.4 is 4.74 Å². The van der Waals surface area contributed by atoms with Gasteiger partial charge in [-0.05, 0) is 61.4 Å². The molecule has 1 aromatic heterocycles. The van der Waals surface area contributed by atoms with Crippen LogP contribution in [0.3, 0.4) is 0 Å². The molecule has 3 aromatic rings. The first kappa shape index (κ1) is 25.7. The van der Waals surface area contributed by atoms with E-state index in [-0.39, 0.29) is 6.10 Å². The standard InChI is InChI=1S/C29H35N3O4S/c1-19-22(6-3-8-24(19)28-30-25-12-16-32(29(34)35)18-27(25)37-28)23-7-4-9-26(20(23)2)36-17-5-13-31-14-10-21(33)11-15-31/h3-4,6-9,21,33H,5,10-18H2,1-2H3,(H,34,35). The number of aliphatic hydroxyl groups excluding tert-OH is 1. The van der Waals surface area contributed by atoms with E-state index in [1.54, 1.807) is 11.3 Å². The van der Waals surface area contributed by atoms with Crippen molar-refractivity contribution in [2.24, 2.45) is 0 Å². The number of hydrogen-bond donors (Lipinski definition) is 2. The average molecular weight is 522 g/mol. The van der Waals surface area contributed by atoms with Crippen LogP contribution >= 0.6 is 11.3 Å². The van der Waals surface area contributed by atoms with Crippen molar-refractivity contribution < 1.29 is 19.7 Å². The maximum atomic E-state index is 11.4. The minimum Gasteiger partial charge on any atom is -0.493 e. The second-order valence-electron chi connectivity index (χ2n) is 10.0. The number of benzene rings is 2. The van der Waals surface area contributed by atoms with Gasteiger partial charge in [-0.15, -0.1) is 11.3 Å². The highest BCUT2D eigenvalue weighted by atomic mass is 32.1. The summed E-state index contributed by atoms with van der Waals surface area (Å²) in [4.78, 5) is 21.2. The smallest absolute Gasteiger partial charge is 0.407 e. The van der Waals surface area contributed by atoms with Crippen LogP contribution in [-0.4, -0.2) is 70.0 Å². The van der Waals surface area contributed by atoms with Crippen molar-refractivity contribution in [1.82, 2.24) is 14.8 Å². The molecular weight excluding hydrogens is 486 g/mol. The van der Waals surface area contributed by atoms with E-state index in [9.17, 15) is 15.0 Å². The number of hydrogen-bond acceptors (Lipinski definition) is 6. The highest BCUT2D eigenvalue weighted by molar-refractivity contribution is 7.15. The van der Waals surface area contributed by atoms with Crippen molar-refractivity contribution >= 4 is 17.4 Å². The Kier molecular flexibility index (Phi) is 7.79. The predicted molar refractivity (Wildman–Crippen MR) is 146 cm³/mol. The molecule has 196 valence electrons. The molecule has 0 spiro atoms. The first-order chi connectivity index (χ1) is 17.9. The number of aliphatic hydroxyl groups is 1. The molecule has 0 bridgehead atoms.